The number of esters is 1. The minimum absolute atomic E-state index is 0.0243. The summed E-state index contributed by atoms with van der Waals surface area (Å²) in [6, 6.07) is 24.6. The molecule has 0 aliphatic carbocycles. The summed E-state index contributed by atoms with van der Waals surface area (Å²) in [5, 5.41) is 0. The van der Waals surface area contributed by atoms with Crippen molar-refractivity contribution in [1.82, 2.24) is 0 Å². The van der Waals surface area contributed by atoms with E-state index in [2.05, 4.69) is 0 Å². The summed E-state index contributed by atoms with van der Waals surface area (Å²) < 4.78 is 10.2. The highest BCUT2D eigenvalue weighted by atomic mass is 16.5. The number of Topliss-reactive ketones (excluding diaryl/α,β-unsaturated/α-hetero) is 1. The number of ether oxygens (including phenoxy) is 2. The van der Waals surface area contributed by atoms with Gasteiger partial charge in [-0.3, -0.25) is 4.79 Å². The normalized spacial score (nSPS) is 10.3. The number of carbonyl (C=O) groups excluding carboxylic acids is 2. The average molecular weight is 360 g/mol. The smallest absolute Gasteiger partial charge is 0.375 e. The van der Waals surface area contributed by atoms with Crippen molar-refractivity contribution in [1.29, 1.82) is 0 Å². The Bertz CT molecular complexity index is 897. The van der Waals surface area contributed by atoms with Crippen LogP contribution in [0.1, 0.15) is 11.1 Å². The van der Waals surface area contributed by atoms with E-state index < -0.39 is 11.8 Å². The van der Waals surface area contributed by atoms with Gasteiger partial charge in [0.05, 0.1) is 7.11 Å². The summed E-state index contributed by atoms with van der Waals surface area (Å²) in [6.07, 6.45) is 0.0243. The first kappa shape index (κ1) is 18.4. The molecule has 0 aliphatic heterocycles. The summed E-state index contributed by atoms with van der Waals surface area (Å²) in [7, 11) is 1.63. The molecule has 4 nitrogen and oxygen atoms in total. The molecule has 0 atom stereocenters. The zero-order chi connectivity index (χ0) is 19.1. The molecule has 0 unspecified atom stereocenters. The van der Waals surface area contributed by atoms with Crippen LogP contribution in [0.25, 0.3) is 11.1 Å². The minimum atomic E-state index is -0.807. The second-order valence-electron chi connectivity index (χ2n) is 6.09. The highest BCUT2D eigenvalue weighted by Crippen LogP contribution is 2.22. The van der Waals surface area contributed by atoms with Crippen LogP contribution in [0.3, 0.4) is 0 Å². The third-order valence-corrected chi connectivity index (χ3v) is 4.18. The molecule has 4 heteroatoms. The first-order valence-electron chi connectivity index (χ1n) is 8.63. The quantitative estimate of drug-likeness (QED) is 0.468. The van der Waals surface area contributed by atoms with E-state index in [9.17, 15) is 9.59 Å². The third-order valence-electron chi connectivity index (χ3n) is 4.18. The highest BCUT2D eigenvalue weighted by molar-refractivity contribution is 6.34. The van der Waals surface area contributed by atoms with Gasteiger partial charge in [-0.2, -0.15) is 0 Å². The van der Waals surface area contributed by atoms with Gasteiger partial charge in [-0.05, 0) is 34.4 Å². The SMILES string of the molecule is COc1ccc(-c2ccc(CC(=O)C(=O)OCc3ccccc3)cc2)cc1. The number of benzene rings is 3. The van der Waals surface area contributed by atoms with Crippen LogP contribution in [-0.2, 0) is 27.4 Å². The fourth-order valence-electron chi connectivity index (χ4n) is 2.66. The first-order chi connectivity index (χ1) is 13.2. The molecule has 0 bridgehead atoms. The predicted octanol–water partition coefficient (Wildman–Crippen LogP) is 4.22. The van der Waals surface area contributed by atoms with Gasteiger partial charge in [0.25, 0.3) is 0 Å². The van der Waals surface area contributed by atoms with Crippen LogP contribution in [0.2, 0.25) is 0 Å². The Hall–Kier alpha value is -3.40. The van der Waals surface area contributed by atoms with E-state index in [-0.39, 0.29) is 13.0 Å². The molecule has 0 aliphatic rings. The molecule has 0 N–H and O–H groups in total. The van der Waals surface area contributed by atoms with Crippen molar-refractivity contribution in [2.75, 3.05) is 7.11 Å². The van der Waals surface area contributed by atoms with E-state index in [1.165, 1.54) is 0 Å². The fourth-order valence-corrected chi connectivity index (χ4v) is 2.66. The molecule has 0 saturated heterocycles. The fraction of sp³-hybridized carbons (Fsp3) is 0.130. The molecule has 3 rings (SSSR count). The second kappa shape index (κ2) is 8.81. The zero-order valence-electron chi connectivity index (χ0n) is 15.1. The molecule has 0 spiro atoms. The predicted molar refractivity (Wildman–Crippen MR) is 103 cm³/mol. The van der Waals surface area contributed by atoms with Crippen molar-refractivity contribution in [2.24, 2.45) is 0 Å². The Kier molecular flexibility index (Phi) is 6.00. The Labute approximate surface area is 158 Å². The second-order valence-corrected chi connectivity index (χ2v) is 6.09. The Balaban J connectivity index is 1.56. The van der Waals surface area contributed by atoms with Gasteiger partial charge < -0.3 is 9.47 Å². The van der Waals surface area contributed by atoms with Crippen molar-refractivity contribution in [3.63, 3.8) is 0 Å². The maximum Gasteiger partial charge on any atom is 0.375 e. The van der Waals surface area contributed by atoms with Gasteiger partial charge in [-0.25, -0.2) is 4.79 Å². The monoisotopic (exact) mass is 360 g/mol. The number of rotatable bonds is 7. The van der Waals surface area contributed by atoms with Crippen molar-refractivity contribution >= 4 is 11.8 Å². The van der Waals surface area contributed by atoms with E-state index in [0.29, 0.717) is 0 Å². The van der Waals surface area contributed by atoms with Crippen molar-refractivity contribution < 1.29 is 19.1 Å². The highest BCUT2D eigenvalue weighted by Gasteiger charge is 2.16. The minimum Gasteiger partial charge on any atom is -0.497 e. The van der Waals surface area contributed by atoms with E-state index in [0.717, 1.165) is 28.0 Å². The maximum atomic E-state index is 12.1. The van der Waals surface area contributed by atoms with Gasteiger partial charge in [0.1, 0.15) is 12.4 Å². The van der Waals surface area contributed by atoms with Crippen LogP contribution in [-0.4, -0.2) is 18.9 Å². The topological polar surface area (TPSA) is 52.6 Å². The molecule has 0 saturated carbocycles. The Morgan fingerprint density at radius 1 is 0.741 bits per heavy atom. The summed E-state index contributed by atoms with van der Waals surface area (Å²) in [6.45, 7) is 0.0990. The standard InChI is InChI=1S/C23H20O4/c1-26-21-13-11-20(12-14-21)19-9-7-17(8-10-19)15-22(24)23(25)27-16-18-5-3-2-4-6-18/h2-14H,15-16H2,1H3. The molecule has 0 aromatic heterocycles. The maximum absolute atomic E-state index is 12.1. The van der Waals surface area contributed by atoms with Crippen molar-refractivity contribution in [2.45, 2.75) is 13.0 Å². The molecule has 0 radical (unpaired) electrons. The lowest BCUT2D eigenvalue weighted by Gasteiger charge is -2.06. The van der Waals surface area contributed by atoms with E-state index in [1.807, 2.05) is 78.9 Å². The lowest BCUT2D eigenvalue weighted by atomic mass is 10.0. The van der Waals surface area contributed by atoms with E-state index in [4.69, 9.17) is 9.47 Å². The zero-order valence-corrected chi connectivity index (χ0v) is 15.1. The number of hydrogen-bond donors (Lipinski definition) is 0. The average Bonchev–Trinajstić information content (AvgIpc) is 2.73. The lowest BCUT2D eigenvalue weighted by molar-refractivity contribution is -0.154. The van der Waals surface area contributed by atoms with Crippen LogP contribution in [0.15, 0.2) is 78.9 Å². The van der Waals surface area contributed by atoms with Crippen molar-refractivity contribution in [3.8, 4) is 16.9 Å². The summed E-state index contributed by atoms with van der Waals surface area (Å²) in [5.74, 6) is -0.559. The summed E-state index contributed by atoms with van der Waals surface area (Å²) in [5.41, 5.74) is 3.70. The third kappa shape index (κ3) is 5.05. The molecule has 27 heavy (non-hydrogen) atoms. The van der Waals surface area contributed by atoms with Crippen LogP contribution in [0, 0.1) is 0 Å². The summed E-state index contributed by atoms with van der Waals surface area (Å²) in [4.78, 5) is 24.0. The van der Waals surface area contributed by atoms with Crippen LogP contribution < -0.4 is 4.74 Å². The lowest BCUT2D eigenvalue weighted by Crippen LogP contribution is -2.19. The molecular weight excluding hydrogens is 340 g/mol. The molecule has 0 heterocycles. The number of hydrogen-bond acceptors (Lipinski definition) is 4. The van der Waals surface area contributed by atoms with Crippen LogP contribution in [0.5, 0.6) is 5.75 Å². The van der Waals surface area contributed by atoms with Gasteiger partial charge in [-0.1, -0.05) is 66.7 Å². The molecule has 0 amide bonds. The summed E-state index contributed by atoms with van der Waals surface area (Å²) >= 11 is 0. The van der Waals surface area contributed by atoms with Gasteiger partial charge in [0, 0.05) is 6.42 Å². The van der Waals surface area contributed by atoms with Gasteiger partial charge in [0.15, 0.2) is 0 Å². The number of methoxy groups -OCH3 is 1. The van der Waals surface area contributed by atoms with E-state index in [1.54, 1.807) is 7.11 Å². The van der Waals surface area contributed by atoms with Crippen molar-refractivity contribution in [3.05, 3.63) is 90.0 Å². The molecule has 3 aromatic carbocycles. The number of carbonyl (C=O) groups is 2. The first-order valence-corrected chi connectivity index (χ1v) is 8.63. The molecule has 136 valence electrons. The largest absolute Gasteiger partial charge is 0.497 e. The Morgan fingerprint density at radius 2 is 1.33 bits per heavy atom. The van der Waals surface area contributed by atoms with Crippen LogP contribution >= 0.6 is 0 Å². The van der Waals surface area contributed by atoms with Gasteiger partial charge >= 0.3 is 5.97 Å². The van der Waals surface area contributed by atoms with Gasteiger partial charge in [0.2, 0.25) is 5.78 Å². The van der Waals surface area contributed by atoms with E-state index >= 15 is 0 Å². The number of ketones is 1. The molecular formula is C23H20O4. The van der Waals surface area contributed by atoms with Crippen LogP contribution in [0.4, 0.5) is 0 Å². The Morgan fingerprint density at radius 3 is 1.93 bits per heavy atom. The molecule has 3 aromatic rings. The van der Waals surface area contributed by atoms with Gasteiger partial charge in [-0.15, -0.1) is 0 Å². The molecule has 0 fully saturated rings.